The Labute approximate surface area is 88.2 Å². The average molecular weight is 220 g/mol. The summed E-state index contributed by atoms with van der Waals surface area (Å²) in [4.78, 5) is 24.1. The van der Waals surface area contributed by atoms with E-state index in [2.05, 4.69) is 4.74 Å². The Balaban J connectivity index is 2.46. The Bertz CT molecular complexity index is 232. The van der Waals surface area contributed by atoms with E-state index < -0.39 is 11.9 Å². The number of nitrogens with zero attached hydrogens (tertiary/aromatic N) is 1. The Morgan fingerprint density at radius 2 is 2.21 bits per heavy atom. The third-order valence-corrected chi connectivity index (χ3v) is 2.58. The number of halogens is 1. The highest BCUT2D eigenvalue weighted by Crippen LogP contribution is 2.16. The van der Waals surface area contributed by atoms with Crippen molar-refractivity contribution in [2.75, 3.05) is 19.5 Å². The predicted molar refractivity (Wildman–Crippen MR) is 52.1 cm³/mol. The van der Waals surface area contributed by atoms with E-state index in [4.69, 9.17) is 11.6 Å². The van der Waals surface area contributed by atoms with Crippen molar-refractivity contribution < 1.29 is 14.3 Å². The molecule has 0 aliphatic carbocycles. The van der Waals surface area contributed by atoms with Crippen molar-refractivity contribution >= 4 is 23.5 Å². The van der Waals surface area contributed by atoms with E-state index in [-0.39, 0.29) is 11.9 Å². The summed E-state index contributed by atoms with van der Waals surface area (Å²) in [5.41, 5.74) is 0. The van der Waals surface area contributed by atoms with Crippen LogP contribution in [0.5, 0.6) is 0 Å². The number of ether oxygens (including phenoxy) is 1. The molecule has 1 heterocycles. The van der Waals surface area contributed by atoms with Crippen molar-refractivity contribution in [1.29, 1.82) is 0 Å². The SMILES string of the molecule is CN1CCCCC1C(=O)OC(=O)CCl. The molecule has 0 radical (unpaired) electrons. The maximum atomic E-state index is 11.4. The molecule has 0 spiro atoms. The molecule has 5 heteroatoms. The largest absolute Gasteiger partial charge is 0.391 e. The number of carbonyl (C=O) groups is 2. The lowest BCUT2D eigenvalue weighted by Crippen LogP contribution is -2.43. The minimum absolute atomic E-state index is 0.276. The van der Waals surface area contributed by atoms with E-state index in [0.29, 0.717) is 0 Å². The molecule has 0 aromatic rings. The normalized spacial score (nSPS) is 23.1. The van der Waals surface area contributed by atoms with Crippen LogP contribution < -0.4 is 0 Å². The van der Waals surface area contributed by atoms with Crippen LogP contribution in [0.2, 0.25) is 0 Å². The molecule has 1 saturated heterocycles. The third-order valence-electron chi connectivity index (χ3n) is 2.37. The fourth-order valence-corrected chi connectivity index (χ4v) is 1.63. The summed E-state index contributed by atoms with van der Waals surface area (Å²) >= 11 is 5.23. The van der Waals surface area contributed by atoms with Crippen LogP contribution in [-0.2, 0) is 14.3 Å². The minimum Gasteiger partial charge on any atom is -0.391 e. The molecule has 0 aromatic heterocycles. The maximum absolute atomic E-state index is 11.4. The first-order valence-corrected chi connectivity index (χ1v) is 5.19. The Morgan fingerprint density at radius 1 is 1.50 bits per heavy atom. The van der Waals surface area contributed by atoms with Crippen molar-refractivity contribution in [2.24, 2.45) is 0 Å². The second kappa shape index (κ2) is 5.32. The van der Waals surface area contributed by atoms with Gasteiger partial charge in [0.15, 0.2) is 0 Å². The summed E-state index contributed by atoms with van der Waals surface area (Å²) in [5.74, 6) is -1.42. The van der Waals surface area contributed by atoms with Crippen LogP contribution in [0.1, 0.15) is 19.3 Å². The minimum atomic E-state index is -0.671. The molecule has 1 fully saturated rings. The van der Waals surface area contributed by atoms with Crippen molar-refractivity contribution in [3.63, 3.8) is 0 Å². The van der Waals surface area contributed by atoms with E-state index in [1.54, 1.807) is 0 Å². The molecule has 0 amide bonds. The second-order valence-corrected chi connectivity index (χ2v) is 3.69. The highest BCUT2D eigenvalue weighted by atomic mass is 35.5. The van der Waals surface area contributed by atoms with Gasteiger partial charge in [0.1, 0.15) is 11.9 Å². The van der Waals surface area contributed by atoms with Crippen LogP contribution >= 0.6 is 11.6 Å². The number of alkyl halides is 1. The zero-order valence-corrected chi connectivity index (χ0v) is 8.92. The molecule has 0 bridgehead atoms. The smallest absolute Gasteiger partial charge is 0.331 e. The van der Waals surface area contributed by atoms with E-state index in [0.717, 1.165) is 25.8 Å². The van der Waals surface area contributed by atoms with Gasteiger partial charge in [0.05, 0.1) is 0 Å². The van der Waals surface area contributed by atoms with Crippen molar-refractivity contribution in [2.45, 2.75) is 25.3 Å². The van der Waals surface area contributed by atoms with Gasteiger partial charge in [0, 0.05) is 0 Å². The maximum Gasteiger partial charge on any atom is 0.331 e. The van der Waals surface area contributed by atoms with Crippen LogP contribution in [0.4, 0.5) is 0 Å². The Kier molecular flexibility index (Phi) is 4.35. The van der Waals surface area contributed by atoms with Gasteiger partial charge in [-0.15, -0.1) is 11.6 Å². The molecule has 4 nitrogen and oxygen atoms in total. The first-order chi connectivity index (χ1) is 6.65. The van der Waals surface area contributed by atoms with Crippen molar-refractivity contribution in [3.8, 4) is 0 Å². The van der Waals surface area contributed by atoms with Gasteiger partial charge in [-0.25, -0.2) is 4.79 Å². The monoisotopic (exact) mass is 219 g/mol. The van der Waals surface area contributed by atoms with E-state index in [1.165, 1.54) is 0 Å². The molecular weight excluding hydrogens is 206 g/mol. The molecule has 1 atom stereocenters. The van der Waals surface area contributed by atoms with E-state index in [9.17, 15) is 9.59 Å². The summed E-state index contributed by atoms with van der Waals surface area (Å²) in [6, 6.07) is -0.282. The van der Waals surface area contributed by atoms with Gasteiger partial charge in [-0.05, 0) is 26.4 Å². The quantitative estimate of drug-likeness (QED) is 0.391. The van der Waals surface area contributed by atoms with Gasteiger partial charge in [-0.1, -0.05) is 6.42 Å². The number of hydrogen-bond donors (Lipinski definition) is 0. The number of rotatable bonds is 2. The van der Waals surface area contributed by atoms with Gasteiger partial charge in [0.2, 0.25) is 0 Å². The van der Waals surface area contributed by atoms with Crippen molar-refractivity contribution in [3.05, 3.63) is 0 Å². The molecule has 0 aromatic carbocycles. The first kappa shape index (κ1) is 11.5. The van der Waals surface area contributed by atoms with Crippen LogP contribution in [0.15, 0.2) is 0 Å². The summed E-state index contributed by atoms with van der Waals surface area (Å²) in [5, 5.41) is 0. The third kappa shape index (κ3) is 2.96. The number of likely N-dealkylation sites (N-methyl/N-ethyl adjacent to an activating group) is 1. The summed E-state index contributed by atoms with van der Waals surface area (Å²) in [6.07, 6.45) is 2.84. The van der Waals surface area contributed by atoms with Crippen LogP contribution in [0.25, 0.3) is 0 Å². The van der Waals surface area contributed by atoms with E-state index in [1.807, 2.05) is 11.9 Å². The average Bonchev–Trinajstić information content (AvgIpc) is 2.18. The molecule has 1 unspecified atom stereocenters. The topological polar surface area (TPSA) is 46.6 Å². The van der Waals surface area contributed by atoms with Gasteiger partial charge >= 0.3 is 11.9 Å². The highest BCUT2D eigenvalue weighted by molar-refractivity contribution is 6.27. The summed E-state index contributed by atoms with van der Waals surface area (Å²) < 4.78 is 4.56. The molecule has 1 rings (SSSR count). The van der Waals surface area contributed by atoms with Gasteiger partial charge in [0.25, 0.3) is 0 Å². The highest BCUT2D eigenvalue weighted by Gasteiger charge is 2.28. The Morgan fingerprint density at radius 3 is 2.79 bits per heavy atom. The molecule has 1 aliphatic heterocycles. The fourth-order valence-electron chi connectivity index (χ4n) is 1.58. The number of carbonyl (C=O) groups excluding carboxylic acids is 2. The number of esters is 2. The fraction of sp³-hybridized carbons (Fsp3) is 0.778. The zero-order chi connectivity index (χ0) is 10.6. The standard InChI is InChI=1S/C9H14ClNO3/c1-11-5-3-2-4-7(11)9(13)14-8(12)6-10/h7H,2-6H2,1H3. The van der Waals surface area contributed by atoms with Crippen LogP contribution in [0.3, 0.4) is 0 Å². The lowest BCUT2D eigenvalue weighted by Gasteiger charge is -2.29. The summed E-state index contributed by atoms with van der Waals surface area (Å²) in [6.45, 7) is 0.870. The van der Waals surface area contributed by atoms with E-state index >= 15 is 0 Å². The van der Waals surface area contributed by atoms with Crippen LogP contribution in [-0.4, -0.2) is 42.4 Å². The predicted octanol–water partition coefficient (Wildman–Crippen LogP) is 0.779. The molecule has 1 aliphatic rings. The van der Waals surface area contributed by atoms with Crippen LogP contribution in [0, 0.1) is 0 Å². The molecular formula is C9H14ClNO3. The lowest BCUT2D eigenvalue weighted by molar-refractivity contribution is -0.162. The molecule has 0 saturated carbocycles. The second-order valence-electron chi connectivity index (χ2n) is 3.42. The Hall–Kier alpha value is -0.610. The molecule has 80 valence electrons. The first-order valence-electron chi connectivity index (χ1n) is 4.66. The van der Waals surface area contributed by atoms with Gasteiger partial charge in [-0.2, -0.15) is 0 Å². The molecule has 0 N–H and O–H groups in total. The lowest BCUT2D eigenvalue weighted by atomic mass is 10.0. The number of hydrogen-bond acceptors (Lipinski definition) is 4. The number of likely N-dealkylation sites (tertiary alicyclic amines) is 1. The van der Waals surface area contributed by atoms with Crippen molar-refractivity contribution in [1.82, 2.24) is 4.90 Å². The van der Waals surface area contributed by atoms with Gasteiger partial charge < -0.3 is 4.74 Å². The number of piperidine rings is 1. The van der Waals surface area contributed by atoms with Gasteiger partial charge in [-0.3, -0.25) is 9.69 Å². The molecule has 14 heavy (non-hydrogen) atoms. The summed E-state index contributed by atoms with van der Waals surface area (Å²) in [7, 11) is 1.86. The zero-order valence-electron chi connectivity index (χ0n) is 8.16.